The fourth-order valence-corrected chi connectivity index (χ4v) is 2.93. The van der Waals surface area contributed by atoms with E-state index in [2.05, 4.69) is 20.2 Å². The van der Waals surface area contributed by atoms with Crippen LogP contribution in [0.1, 0.15) is 0 Å². The first kappa shape index (κ1) is 16.2. The van der Waals surface area contributed by atoms with E-state index in [1.807, 2.05) is 0 Å². The van der Waals surface area contributed by atoms with Crippen LogP contribution < -0.4 is 0 Å². The molecule has 0 bridgehead atoms. The predicted octanol–water partition coefficient (Wildman–Crippen LogP) is 4.39. The molecule has 0 amide bonds. The molecule has 0 aliphatic rings. The van der Waals surface area contributed by atoms with Crippen molar-refractivity contribution < 1.29 is 13.2 Å². The van der Waals surface area contributed by atoms with E-state index in [1.165, 1.54) is 24.3 Å². The standard InChI is InChI=1S/C20H11F2N5O/c21-14-6-2-12(3-7-14)16-17(27-11-1-10-23-20(27)24-16)19-26-25-18(28-19)13-4-8-15(22)9-5-13/h1-11H. The number of hydrogen-bond donors (Lipinski definition) is 0. The Bertz CT molecular complexity index is 1280. The SMILES string of the molecule is Fc1ccc(-c2nnc(-c3c(-c4ccc(F)cc4)nc4ncccn34)o2)cc1. The van der Waals surface area contributed by atoms with Crippen LogP contribution >= 0.6 is 0 Å². The molecule has 5 rings (SSSR count). The summed E-state index contributed by atoms with van der Waals surface area (Å²) in [4.78, 5) is 8.79. The zero-order chi connectivity index (χ0) is 19.1. The van der Waals surface area contributed by atoms with Crippen molar-refractivity contribution in [2.45, 2.75) is 0 Å². The molecule has 136 valence electrons. The minimum absolute atomic E-state index is 0.221. The number of aromatic nitrogens is 5. The van der Waals surface area contributed by atoms with Gasteiger partial charge in [-0.2, -0.15) is 0 Å². The highest BCUT2D eigenvalue weighted by Gasteiger charge is 2.22. The van der Waals surface area contributed by atoms with Gasteiger partial charge >= 0.3 is 0 Å². The van der Waals surface area contributed by atoms with Crippen LogP contribution in [0.15, 0.2) is 71.4 Å². The van der Waals surface area contributed by atoms with E-state index in [9.17, 15) is 8.78 Å². The van der Waals surface area contributed by atoms with E-state index < -0.39 is 0 Å². The van der Waals surface area contributed by atoms with Crippen LogP contribution in [0.2, 0.25) is 0 Å². The zero-order valence-corrected chi connectivity index (χ0v) is 14.3. The summed E-state index contributed by atoms with van der Waals surface area (Å²) in [6, 6.07) is 13.5. The maximum atomic E-state index is 13.3. The number of hydrogen-bond acceptors (Lipinski definition) is 5. The lowest BCUT2D eigenvalue weighted by Crippen LogP contribution is -1.91. The maximum absolute atomic E-state index is 13.3. The normalized spacial score (nSPS) is 11.2. The van der Waals surface area contributed by atoms with Gasteiger partial charge in [0.15, 0.2) is 0 Å². The molecular formula is C20H11F2N5O. The van der Waals surface area contributed by atoms with Crippen molar-refractivity contribution in [3.8, 4) is 34.3 Å². The third-order valence-electron chi connectivity index (χ3n) is 4.24. The first-order valence-electron chi connectivity index (χ1n) is 8.38. The Hall–Kier alpha value is -3.94. The third kappa shape index (κ3) is 2.71. The van der Waals surface area contributed by atoms with Gasteiger partial charge in [-0.05, 0) is 54.6 Å². The van der Waals surface area contributed by atoms with Crippen LogP contribution in [-0.4, -0.2) is 24.6 Å². The van der Waals surface area contributed by atoms with Gasteiger partial charge in [-0.25, -0.2) is 18.7 Å². The summed E-state index contributed by atoms with van der Waals surface area (Å²) in [6.07, 6.45) is 3.40. The molecule has 0 fully saturated rings. The molecule has 0 saturated heterocycles. The van der Waals surface area contributed by atoms with E-state index in [-0.39, 0.29) is 23.4 Å². The number of halogens is 2. The van der Waals surface area contributed by atoms with Crippen molar-refractivity contribution in [1.82, 2.24) is 24.6 Å². The zero-order valence-electron chi connectivity index (χ0n) is 14.3. The fourth-order valence-electron chi connectivity index (χ4n) is 2.93. The van der Waals surface area contributed by atoms with Gasteiger partial charge in [-0.1, -0.05) is 0 Å². The first-order valence-corrected chi connectivity index (χ1v) is 8.38. The van der Waals surface area contributed by atoms with Gasteiger partial charge in [0, 0.05) is 23.5 Å². The third-order valence-corrected chi connectivity index (χ3v) is 4.24. The molecular weight excluding hydrogens is 364 g/mol. The van der Waals surface area contributed by atoms with Gasteiger partial charge in [-0.3, -0.25) is 4.40 Å². The molecule has 0 spiro atoms. The van der Waals surface area contributed by atoms with Crippen LogP contribution in [0, 0.1) is 11.6 Å². The highest BCUT2D eigenvalue weighted by molar-refractivity contribution is 5.78. The molecule has 28 heavy (non-hydrogen) atoms. The summed E-state index contributed by atoms with van der Waals surface area (Å²) < 4.78 is 34.1. The smallest absolute Gasteiger partial charge is 0.267 e. The van der Waals surface area contributed by atoms with E-state index in [0.29, 0.717) is 28.3 Å². The monoisotopic (exact) mass is 375 g/mol. The molecule has 0 unspecified atom stereocenters. The average Bonchev–Trinajstić information content (AvgIpc) is 3.33. The van der Waals surface area contributed by atoms with Gasteiger partial charge < -0.3 is 4.42 Å². The number of imidazole rings is 1. The van der Waals surface area contributed by atoms with Gasteiger partial charge in [0.25, 0.3) is 5.89 Å². The summed E-state index contributed by atoms with van der Waals surface area (Å²) in [7, 11) is 0. The minimum Gasteiger partial charge on any atom is -0.415 e. The molecule has 0 N–H and O–H groups in total. The number of benzene rings is 2. The first-order chi connectivity index (χ1) is 13.7. The van der Waals surface area contributed by atoms with Gasteiger partial charge in [-0.15, -0.1) is 10.2 Å². The molecule has 8 heteroatoms. The highest BCUT2D eigenvalue weighted by Crippen LogP contribution is 2.33. The molecule has 2 aromatic carbocycles. The lowest BCUT2D eigenvalue weighted by Gasteiger charge is -2.01. The summed E-state index contributed by atoms with van der Waals surface area (Å²) in [5.41, 5.74) is 2.35. The Kier molecular flexibility index (Phi) is 3.68. The van der Waals surface area contributed by atoms with Gasteiger partial charge in [0.05, 0.1) is 0 Å². The second-order valence-corrected chi connectivity index (χ2v) is 6.02. The lowest BCUT2D eigenvalue weighted by atomic mass is 10.1. The molecule has 0 saturated carbocycles. The van der Waals surface area contributed by atoms with E-state index in [1.54, 1.807) is 47.1 Å². The molecule has 3 heterocycles. The molecule has 0 radical (unpaired) electrons. The second kappa shape index (κ2) is 6.34. The van der Waals surface area contributed by atoms with Crippen LogP contribution in [0.4, 0.5) is 8.78 Å². The second-order valence-electron chi connectivity index (χ2n) is 6.02. The number of fused-ring (bicyclic) bond motifs is 1. The van der Waals surface area contributed by atoms with Crippen molar-refractivity contribution in [3.05, 3.63) is 78.6 Å². The van der Waals surface area contributed by atoms with E-state index in [4.69, 9.17) is 4.42 Å². The Morgan fingerprint density at radius 1 is 0.786 bits per heavy atom. The largest absolute Gasteiger partial charge is 0.415 e. The summed E-state index contributed by atoms with van der Waals surface area (Å²) >= 11 is 0. The molecule has 0 aliphatic heterocycles. The molecule has 5 aromatic rings. The quantitative estimate of drug-likeness (QED) is 0.468. The highest BCUT2D eigenvalue weighted by atomic mass is 19.1. The van der Waals surface area contributed by atoms with Crippen molar-refractivity contribution >= 4 is 5.78 Å². The van der Waals surface area contributed by atoms with Crippen LogP contribution in [0.25, 0.3) is 40.1 Å². The number of nitrogens with zero attached hydrogens (tertiary/aromatic N) is 5. The Morgan fingerprint density at radius 3 is 2.14 bits per heavy atom. The predicted molar refractivity (Wildman–Crippen MR) is 97.1 cm³/mol. The Balaban J connectivity index is 1.69. The fraction of sp³-hybridized carbons (Fsp3) is 0. The van der Waals surface area contributed by atoms with Crippen molar-refractivity contribution in [2.24, 2.45) is 0 Å². The van der Waals surface area contributed by atoms with Crippen LogP contribution in [0.3, 0.4) is 0 Å². The van der Waals surface area contributed by atoms with E-state index in [0.717, 1.165) is 0 Å². The van der Waals surface area contributed by atoms with Crippen LogP contribution in [-0.2, 0) is 0 Å². The average molecular weight is 375 g/mol. The summed E-state index contributed by atoms with van der Waals surface area (Å²) in [5, 5.41) is 8.21. The molecule has 6 nitrogen and oxygen atoms in total. The molecule has 0 aliphatic carbocycles. The van der Waals surface area contributed by atoms with Gasteiger partial charge in [0.1, 0.15) is 23.0 Å². The lowest BCUT2D eigenvalue weighted by molar-refractivity contribution is 0.581. The summed E-state index contributed by atoms with van der Waals surface area (Å²) in [5.74, 6) is 0.218. The van der Waals surface area contributed by atoms with Crippen molar-refractivity contribution in [3.63, 3.8) is 0 Å². The van der Waals surface area contributed by atoms with Gasteiger partial charge in [0.2, 0.25) is 11.7 Å². The topological polar surface area (TPSA) is 69.1 Å². The van der Waals surface area contributed by atoms with Crippen molar-refractivity contribution in [2.75, 3.05) is 0 Å². The minimum atomic E-state index is -0.352. The number of rotatable bonds is 3. The summed E-state index contributed by atoms with van der Waals surface area (Å²) in [6.45, 7) is 0. The Labute approximate surface area is 157 Å². The molecule has 0 atom stereocenters. The maximum Gasteiger partial charge on any atom is 0.267 e. The van der Waals surface area contributed by atoms with Crippen molar-refractivity contribution in [1.29, 1.82) is 0 Å². The van der Waals surface area contributed by atoms with E-state index >= 15 is 0 Å². The molecule has 3 aromatic heterocycles. The van der Waals surface area contributed by atoms with Crippen LogP contribution in [0.5, 0.6) is 0 Å². The Morgan fingerprint density at radius 2 is 1.43 bits per heavy atom.